The van der Waals surface area contributed by atoms with Crippen molar-refractivity contribution < 1.29 is 9.53 Å². The maximum absolute atomic E-state index is 11.5. The van der Waals surface area contributed by atoms with Crippen molar-refractivity contribution in [3.05, 3.63) is 21.9 Å². The molecule has 0 fully saturated rings. The van der Waals surface area contributed by atoms with E-state index in [1.54, 1.807) is 5.38 Å². The van der Waals surface area contributed by atoms with Crippen LogP contribution in [0.2, 0.25) is 0 Å². The third-order valence-electron chi connectivity index (χ3n) is 2.40. The van der Waals surface area contributed by atoms with E-state index in [-0.39, 0.29) is 17.9 Å². The fourth-order valence-corrected chi connectivity index (χ4v) is 2.22. The van der Waals surface area contributed by atoms with Crippen LogP contribution in [-0.2, 0) is 16.1 Å². The minimum absolute atomic E-state index is 0.165. The Kier molecular flexibility index (Phi) is 5.13. The van der Waals surface area contributed by atoms with Crippen LogP contribution in [0, 0.1) is 17.2 Å². The average Bonchev–Trinajstić information content (AvgIpc) is 2.76. The first-order valence-electron chi connectivity index (χ1n) is 5.37. The fraction of sp³-hybridized carbons (Fsp3) is 0.500. The van der Waals surface area contributed by atoms with E-state index >= 15 is 0 Å². The lowest BCUT2D eigenvalue weighted by molar-refractivity contribution is -0.144. The number of hydrogen-bond acceptors (Lipinski definition) is 5. The van der Waals surface area contributed by atoms with Gasteiger partial charge in [0.2, 0.25) is 0 Å². The Hall–Kier alpha value is -1.38. The molecule has 0 aliphatic carbocycles. The molecule has 1 aromatic rings. The lowest BCUT2D eigenvalue weighted by Gasteiger charge is -2.19. The van der Waals surface area contributed by atoms with Gasteiger partial charge < -0.3 is 4.74 Å². The summed E-state index contributed by atoms with van der Waals surface area (Å²) in [6.07, 6.45) is 0. The molecule has 0 aromatic carbocycles. The van der Waals surface area contributed by atoms with E-state index in [4.69, 9.17) is 10.00 Å². The van der Waals surface area contributed by atoms with E-state index in [2.05, 4.69) is 11.4 Å². The standard InChI is InChI=1S/C12H16N2O2S/c1-8(2)11(12(15)16-3)14-6-10-4-9(5-13)7-17-10/h4,7-8,11,14H,6H2,1-3H3. The maximum atomic E-state index is 11.5. The number of thiophene rings is 1. The van der Waals surface area contributed by atoms with Crippen molar-refractivity contribution in [2.75, 3.05) is 7.11 Å². The average molecular weight is 252 g/mol. The second kappa shape index (κ2) is 6.38. The molecule has 0 radical (unpaired) electrons. The monoisotopic (exact) mass is 252 g/mol. The first-order valence-corrected chi connectivity index (χ1v) is 6.25. The molecule has 1 heterocycles. The number of nitriles is 1. The summed E-state index contributed by atoms with van der Waals surface area (Å²) in [4.78, 5) is 12.5. The van der Waals surface area contributed by atoms with Gasteiger partial charge in [0.05, 0.1) is 12.7 Å². The minimum atomic E-state index is -0.312. The largest absolute Gasteiger partial charge is 0.468 e. The number of rotatable bonds is 5. The van der Waals surface area contributed by atoms with Crippen LogP contribution in [0.4, 0.5) is 0 Å². The van der Waals surface area contributed by atoms with Crippen LogP contribution < -0.4 is 5.32 Å². The summed E-state index contributed by atoms with van der Waals surface area (Å²) in [5.74, 6) is -0.0880. The highest BCUT2D eigenvalue weighted by Gasteiger charge is 2.22. The minimum Gasteiger partial charge on any atom is -0.468 e. The maximum Gasteiger partial charge on any atom is 0.323 e. The zero-order valence-electron chi connectivity index (χ0n) is 10.2. The van der Waals surface area contributed by atoms with Crippen LogP contribution in [0.5, 0.6) is 0 Å². The van der Waals surface area contributed by atoms with Crippen molar-refractivity contribution in [3.63, 3.8) is 0 Å². The number of nitrogens with one attached hydrogen (secondary N) is 1. The lowest BCUT2D eigenvalue weighted by Crippen LogP contribution is -2.41. The van der Waals surface area contributed by atoms with E-state index < -0.39 is 0 Å². The second-order valence-corrected chi connectivity index (χ2v) is 5.04. The topological polar surface area (TPSA) is 62.1 Å². The van der Waals surface area contributed by atoms with E-state index in [0.29, 0.717) is 12.1 Å². The Morgan fingerprint density at radius 1 is 1.65 bits per heavy atom. The predicted molar refractivity (Wildman–Crippen MR) is 66.5 cm³/mol. The summed E-state index contributed by atoms with van der Waals surface area (Å²) in [7, 11) is 1.39. The SMILES string of the molecule is COC(=O)C(NCc1cc(C#N)cs1)C(C)C. The van der Waals surface area contributed by atoms with Crippen molar-refractivity contribution in [2.24, 2.45) is 5.92 Å². The molecule has 0 aliphatic heterocycles. The van der Waals surface area contributed by atoms with Gasteiger partial charge in [-0.25, -0.2) is 0 Å². The fourth-order valence-electron chi connectivity index (χ4n) is 1.46. The van der Waals surface area contributed by atoms with Gasteiger partial charge in [-0.2, -0.15) is 5.26 Å². The van der Waals surface area contributed by atoms with E-state index in [9.17, 15) is 4.79 Å². The van der Waals surface area contributed by atoms with Gasteiger partial charge in [0.15, 0.2) is 0 Å². The number of nitrogens with zero attached hydrogens (tertiary/aromatic N) is 1. The second-order valence-electron chi connectivity index (χ2n) is 4.04. The zero-order chi connectivity index (χ0) is 12.8. The number of carbonyl (C=O) groups is 1. The quantitative estimate of drug-likeness (QED) is 0.813. The normalized spacial score (nSPS) is 12.2. The molecule has 0 saturated carbocycles. The van der Waals surface area contributed by atoms with Crippen molar-refractivity contribution in [2.45, 2.75) is 26.4 Å². The van der Waals surface area contributed by atoms with Gasteiger partial charge in [0.1, 0.15) is 12.1 Å². The molecule has 17 heavy (non-hydrogen) atoms. The van der Waals surface area contributed by atoms with Crippen LogP contribution in [0.3, 0.4) is 0 Å². The predicted octanol–water partition coefficient (Wildman–Crippen LogP) is 1.91. The Bertz CT molecular complexity index is 420. The number of methoxy groups -OCH3 is 1. The molecule has 0 saturated heterocycles. The Morgan fingerprint density at radius 2 is 2.35 bits per heavy atom. The zero-order valence-corrected chi connectivity index (χ0v) is 11.0. The van der Waals surface area contributed by atoms with Gasteiger partial charge in [-0.05, 0) is 12.0 Å². The molecular formula is C12H16N2O2S. The molecule has 1 unspecified atom stereocenters. The van der Waals surface area contributed by atoms with Gasteiger partial charge in [-0.1, -0.05) is 13.8 Å². The van der Waals surface area contributed by atoms with Crippen LogP contribution in [-0.4, -0.2) is 19.1 Å². The highest BCUT2D eigenvalue weighted by atomic mass is 32.1. The Labute approximate surface area is 105 Å². The van der Waals surface area contributed by atoms with Crippen molar-refractivity contribution >= 4 is 17.3 Å². The van der Waals surface area contributed by atoms with Crippen LogP contribution >= 0.6 is 11.3 Å². The van der Waals surface area contributed by atoms with Gasteiger partial charge in [-0.3, -0.25) is 10.1 Å². The molecule has 92 valence electrons. The molecule has 4 nitrogen and oxygen atoms in total. The summed E-state index contributed by atoms with van der Waals surface area (Å²) in [6.45, 7) is 4.50. The molecule has 1 atom stereocenters. The van der Waals surface area contributed by atoms with Crippen LogP contribution in [0.15, 0.2) is 11.4 Å². The Morgan fingerprint density at radius 3 is 2.82 bits per heavy atom. The van der Waals surface area contributed by atoms with E-state index in [1.165, 1.54) is 18.4 Å². The number of ether oxygens (including phenoxy) is 1. The van der Waals surface area contributed by atoms with Crippen molar-refractivity contribution in [3.8, 4) is 6.07 Å². The van der Waals surface area contributed by atoms with Crippen molar-refractivity contribution in [1.29, 1.82) is 5.26 Å². The third-order valence-corrected chi connectivity index (χ3v) is 3.34. The number of carbonyl (C=O) groups excluding carboxylic acids is 1. The smallest absolute Gasteiger partial charge is 0.323 e. The highest BCUT2D eigenvalue weighted by Crippen LogP contribution is 2.14. The van der Waals surface area contributed by atoms with Crippen LogP contribution in [0.1, 0.15) is 24.3 Å². The van der Waals surface area contributed by atoms with Gasteiger partial charge >= 0.3 is 5.97 Å². The molecular weight excluding hydrogens is 236 g/mol. The summed E-state index contributed by atoms with van der Waals surface area (Å²) in [5.41, 5.74) is 0.658. The Balaban J connectivity index is 2.58. The molecule has 0 bridgehead atoms. The van der Waals surface area contributed by atoms with Gasteiger partial charge in [-0.15, -0.1) is 11.3 Å². The van der Waals surface area contributed by atoms with Gasteiger partial charge in [0.25, 0.3) is 0 Å². The van der Waals surface area contributed by atoms with E-state index in [1.807, 2.05) is 19.9 Å². The molecule has 5 heteroatoms. The van der Waals surface area contributed by atoms with Crippen molar-refractivity contribution in [1.82, 2.24) is 5.32 Å². The van der Waals surface area contributed by atoms with E-state index in [0.717, 1.165) is 4.88 Å². The summed E-state index contributed by atoms with van der Waals surface area (Å²) in [6, 6.07) is 3.60. The first-order chi connectivity index (χ1) is 8.08. The third kappa shape index (κ3) is 3.84. The molecule has 1 rings (SSSR count). The molecule has 1 N–H and O–H groups in total. The number of esters is 1. The highest BCUT2D eigenvalue weighted by molar-refractivity contribution is 7.10. The summed E-state index contributed by atoms with van der Waals surface area (Å²) >= 11 is 1.51. The molecule has 0 spiro atoms. The van der Waals surface area contributed by atoms with Gasteiger partial charge in [0, 0.05) is 16.8 Å². The van der Waals surface area contributed by atoms with Crippen LogP contribution in [0.25, 0.3) is 0 Å². The molecule has 0 aliphatic rings. The number of hydrogen-bond donors (Lipinski definition) is 1. The lowest BCUT2D eigenvalue weighted by atomic mass is 10.0. The molecule has 0 amide bonds. The summed E-state index contributed by atoms with van der Waals surface area (Å²) < 4.78 is 4.74. The molecule has 1 aromatic heterocycles. The first kappa shape index (κ1) is 13.7. The summed E-state index contributed by atoms with van der Waals surface area (Å²) in [5, 5.41) is 13.7.